The molecule has 0 spiro atoms. The third-order valence-electron chi connectivity index (χ3n) is 5.85. The molecule has 0 atom stereocenters. The largest absolute Gasteiger partial charge is 0.308 e. The van der Waals surface area contributed by atoms with Crippen LogP contribution in [0, 0.1) is 43.4 Å². The molecule has 0 radical (unpaired) electrons. The van der Waals surface area contributed by atoms with Crippen LogP contribution in [0.15, 0.2) is 36.4 Å². The Balaban J connectivity index is 2.24. The number of benzene rings is 3. The summed E-state index contributed by atoms with van der Waals surface area (Å²) in [5, 5.41) is 23.5. The summed E-state index contributed by atoms with van der Waals surface area (Å²) in [7, 11) is 0. The smallest absolute Gasteiger partial charge is 0.0992 e. The third-order valence-corrected chi connectivity index (χ3v) is 5.85. The molecule has 3 heteroatoms. The van der Waals surface area contributed by atoms with E-state index in [1.165, 1.54) is 33.0 Å². The standard InChI is InChI=1S/C23H15N3/c1-12-13(2)21-17-6-4-15(10-24)8-19(17)26-20-9-16(11-25)5-7-18(20)22(14(12)3)23(21)26/h4-9H,1-3H3. The first-order chi connectivity index (χ1) is 12.6. The molecule has 2 aromatic heterocycles. The molecule has 0 unspecified atom stereocenters. The van der Waals surface area contributed by atoms with Crippen LogP contribution in [0.2, 0.25) is 0 Å². The van der Waals surface area contributed by atoms with Gasteiger partial charge in [0.05, 0.1) is 39.8 Å². The lowest BCUT2D eigenvalue weighted by Gasteiger charge is -2.09. The number of nitriles is 2. The highest BCUT2D eigenvalue weighted by atomic mass is 14.9. The van der Waals surface area contributed by atoms with E-state index in [0.717, 1.165) is 21.8 Å². The van der Waals surface area contributed by atoms with Gasteiger partial charge in [-0.25, -0.2) is 0 Å². The zero-order valence-corrected chi connectivity index (χ0v) is 14.8. The molecule has 0 N–H and O–H groups in total. The van der Waals surface area contributed by atoms with Crippen molar-refractivity contribution >= 4 is 38.1 Å². The molecule has 0 aliphatic heterocycles. The van der Waals surface area contributed by atoms with Crippen molar-refractivity contribution < 1.29 is 0 Å². The van der Waals surface area contributed by atoms with Crippen molar-refractivity contribution in [3.05, 3.63) is 64.2 Å². The Morgan fingerprint density at radius 3 is 1.58 bits per heavy atom. The Bertz CT molecular complexity index is 1360. The van der Waals surface area contributed by atoms with Crippen LogP contribution in [0.1, 0.15) is 27.8 Å². The van der Waals surface area contributed by atoms with E-state index >= 15 is 0 Å². The fourth-order valence-corrected chi connectivity index (χ4v) is 4.39. The number of fused-ring (bicyclic) bond motifs is 6. The van der Waals surface area contributed by atoms with Gasteiger partial charge in [0.1, 0.15) is 0 Å². The summed E-state index contributed by atoms with van der Waals surface area (Å²) >= 11 is 0. The van der Waals surface area contributed by atoms with Crippen LogP contribution >= 0.6 is 0 Å². The molecule has 122 valence electrons. The van der Waals surface area contributed by atoms with Gasteiger partial charge in [-0.2, -0.15) is 10.5 Å². The molecule has 0 aliphatic carbocycles. The van der Waals surface area contributed by atoms with E-state index in [1.54, 1.807) is 0 Å². The maximum Gasteiger partial charge on any atom is 0.0992 e. The topological polar surface area (TPSA) is 52.0 Å². The van der Waals surface area contributed by atoms with Crippen molar-refractivity contribution in [2.45, 2.75) is 20.8 Å². The molecule has 0 saturated carbocycles. The van der Waals surface area contributed by atoms with Crippen LogP contribution in [0.4, 0.5) is 0 Å². The van der Waals surface area contributed by atoms with Gasteiger partial charge < -0.3 is 4.40 Å². The van der Waals surface area contributed by atoms with Crippen LogP contribution in [-0.4, -0.2) is 4.40 Å². The maximum absolute atomic E-state index is 9.37. The van der Waals surface area contributed by atoms with Gasteiger partial charge in [0.2, 0.25) is 0 Å². The monoisotopic (exact) mass is 333 g/mol. The summed E-state index contributed by atoms with van der Waals surface area (Å²) in [6.45, 7) is 6.52. The minimum Gasteiger partial charge on any atom is -0.308 e. The molecule has 5 rings (SSSR count). The molecule has 2 heterocycles. The minimum atomic E-state index is 0.647. The van der Waals surface area contributed by atoms with E-state index in [0.29, 0.717) is 11.1 Å². The van der Waals surface area contributed by atoms with E-state index in [1.807, 2.05) is 24.3 Å². The van der Waals surface area contributed by atoms with Crippen molar-refractivity contribution in [2.24, 2.45) is 0 Å². The SMILES string of the molecule is Cc1c(C)c2c3ccc(C#N)cc3n3c4cc(C#N)ccc4c(c1C)c23. The predicted molar refractivity (Wildman–Crippen MR) is 105 cm³/mol. The first-order valence-corrected chi connectivity index (χ1v) is 8.59. The van der Waals surface area contributed by atoms with E-state index < -0.39 is 0 Å². The Morgan fingerprint density at radius 2 is 1.15 bits per heavy atom. The molecule has 0 fully saturated rings. The molecule has 0 saturated heterocycles. The maximum atomic E-state index is 9.37. The van der Waals surface area contributed by atoms with Gasteiger partial charge in [-0.3, -0.25) is 0 Å². The Hall–Kier alpha value is -3.56. The summed E-state index contributed by atoms with van der Waals surface area (Å²) in [6, 6.07) is 16.3. The second kappa shape index (κ2) is 4.75. The van der Waals surface area contributed by atoms with Crippen molar-refractivity contribution in [1.29, 1.82) is 10.5 Å². The van der Waals surface area contributed by atoms with Gasteiger partial charge >= 0.3 is 0 Å². The fourth-order valence-electron chi connectivity index (χ4n) is 4.39. The Kier molecular flexibility index (Phi) is 2.69. The average Bonchev–Trinajstić information content (AvgIpc) is 3.17. The molecule has 3 aromatic carbocycles. The zero-order chi connectivity index (χ0) is 18.2. The van der Waals surface area contributed by atoms with Crippen LogP contribution in [0.25, 0.3) is 38.1 Å². The second-order valence-electron chi connectivity index (χ2n) is 7.00. The van der Waals surface area contributed by atoms with E-state index in [9.17, 15) is 10.5 Å². The minimum absolute atomic E-state index is 0.647. The highest BCUT2D eigenvalue weighted by molar-refractivity contribution is 6.25. The lowest BCUT2D eigenvalue weighted by molar-refractivity contribution is 1.31. The quantitative estimate of drug-likeness (QED) is 0.375. The number of nitrogens with zero attached hydrogens (tertiary/aromatic N) is 3. The van der Waals surface area contributed by atoms with E-state index in [4.69, 9.17) is 0 Å². The van der Waals surface area contributed by atoms with Gasteiger partial charge in [0.25, 0.3) is 0 Å². The Morgan fingerprint density at radius 1 is 0.692 bits per heavy atom. The predicted octanol–water partition coefficient (Wildman–Crippen LogP) is 5.51. The lowest BCUT2D eigenvalue weighted by atomic mass is 9.94. The number of rotatable bonds is 0. The number of aryl methyl sites for hydroxylation is 2. The number of aromatic nitrogens is 1. The average molecular weight is 333 g/mol. The molecule has 0 amide bonds. The van der Waals surface area contributed by atoms with Crippen molar-refractivity contribution in [2.75, 3.05) is 0 Å². The fraction of sp³-hybridized carbons (Fsp3) is 0.130. The van der Waals surface area contributed by atoms with Crippen molar-refractivity contribution in [3.63, 3.8) is 0 Å². The summed E-state index contributed by atoms with van der Waals surface area (Å²) in [6.07, 6.45) is 0. The first-order valence-electron chi connectivity index (χ1n) is 8.59. The highest BCUT2D eigenvalue weighted by Crippen LogP contribution is 2.43. The zero-order valence-electron chi connectivity index (χ0n) is 14.8. The number of hydrogen-bond acceptors (Lipinski definition) is 2. The van der Waals surface area contributed by atoms with E-state index in [-0.39, 0.29) is 0 Å². The molecule has 0 aliphatic rings. The molecule has 5 aromatic rings. The van der Waals surface area contributed by atoms with E-state index in [2.05, 4.69) is 49.4 Å². The van der Waals surface area contributed by atoms with Crippen LogP contribution < -0.4 is 0 Å². The highest BCUT2D eigenvalue weighted by Gasteiger charge is 2.22. The lowest BCUT2D eigenvalue weighted by Crippen LogP contribution is -1.89. The van der Waals surface area contributed by atoms with Crippen LogP contribution in [0.3, 0.4) is 0 Å². The Labute approximate surface area is 150 Å². The molecule has 0 bridgehead atoms. The molecular formula is C23H15N3. The summed E-state index contributed by atoms with van der Waals surface area (Å²) < 4.78 is 2.23. The summed E-state index contributed by atoms with van der Waals surface area (Å²) in [4.78, 5) is 0. The molecular weight excluding hydrogens is 318 g/mol. The van der Waals surface area contributed by atoms with Gasteiger partial charge in [0, 0.05) is 21.5 Å². The van der Waals surface area contributed by atoms with Gasteiger partial charge in [0.15, 0.2) is 0 Å². The summed E-state index contributed by atoms with van der Waals surface area (Å²) in [5.74, 6) is 0. The molecule has 3 nitrogen and oxygen atoms in total. The van der Waals surface area contributed by atoms with Gasteiger partial charge in [-0.1, -0.05) is 12.1 Å². The van der Waals surface area contributed by atoms with Gasteiger partial charge in [-0.05, 0) is 61.7 Å². The van der Waals surface area contributed by atoms with Crippen molar-refractivity contribution in [3.8, 4) is 12.1 Å². The van der Waals surface area contributed by atoms with Crippen LogP contribution in [-0.2, 0) is 0 Å². The number of hydrogen-bond donors (Lipinski definition) is 0. The van der Waals surface area contributed by atoms with Gasteiger partial charge in [-0.15, -0.1) is 0 Å². The first kappa shape index (κ1) is 14.8. The summed E-state index contributed by atoms with van der Waals surface area (Å²) in [5.41, 5.74) is 8.41. The molecule has 26 heavy (non-hydrogen) atoms. The van der Waals surface area contributed by atoms with Crippen LogP contribution in [0.5, 0.6) is 0 Å². The third kappa shape index (κ3) is 1.56. The second-order valence-corrected chi connectivity index (χ2v) is 7.00. The van der Waals surface area contributed by atoms with Crippen molar-refractivity contribution in [1.82, 2.24) is 4.40 Å². The normalized spacial score (nSPS) is 11.6.